The van der Waals surface area contributed by atoms with Crippen LogP contribution in [0.15, 0.2) is 24.3 Å². The lowest BCUT2D eigenvalue weighted by atomic mass is 9.96. The fourth-order valence-electron chi connectivity index (χ4n) is 2.32. The summed E-state index contributed by atoms with van der Waals surface area (Å²) in [6.07, 6.45) is 0.426. The third-order valence-electron chi connectivity index (χ3n) is 3.13. The Hall–Kier alpha value is -2.04. The summed E-state index contributed by atoms with van der Waals surface area (Å²) in [5, 5.41) is 9.33. The van der Waals surface area contributed by atoms with Crippen molar-refractivity contribution in [1.82, 2.24) is 0 Å². The average Bonchev–Trinajstić information content (AvgIpc) is 2.35. The first-order chi connectivity index (χ1) is 9.29. The van der Waals surface area contributed by atoms with Gasteiger partial charge in [0.1, 0.15) is 11.6 Å². The number of fused-ring (bicyclic) bond motifs is 1. The van der Waals surface area contributed by atoms with Crippen molar-refractivity contribution in [2.75, 3.05) is 4.90 Å². The summed E-state index contributed by atoms with van der Waals surface area (Å²) >= 11 is 0. The maximum atomic E-state index is 12.3. The van der Waals surface area contributed by atoms with E-state index in [1.54, 1.807) is 32.9 Å². The van der Waals surface area contributed by atoms with E-state index in [1.807, 2.05) is 12.1 Å². The molecule has 0 aliphatic carbocycles. The Balaban J connectivity index is 2.38. The summed E-state index contributed by atoms with van der Waals surface area (Å²) in [5.74, 6) is -1.01. The number of para-hydroxylation sites is 1. The van der Waals surface area contributed by atoms with Gasteiger partial charge >= 0.3 is 12.1 Å². The first-order valence-electron chi connectivity index (χ1n) is 6.62. The van der Waals surface area contributed by atoms with Crippen LogP contribution in [0.3, 0.4) is 0 Å². The van der Waals surface area contributed by atoms with Crippen LogP contribution in [0.25, 0.3) is 0 Å². The number of hydrogen-bond acceptors (Lipinski definition) is 3. The number of nitrogens with zero attached hydrogens (tertiary/aromatic N) is 1. The summed E-state index contributed by atoms with van der Waals surface area (Å²) in [6, 6.07) is 6.46. The number of carbonyl (C=O) groups is 2. The van der Waals surface area contributed by atoms with Gasteiger partial charge in [-0.25, -0.2) is 9.59 Å². The highest BCUT2D eigenvalue weighted by molar-refractivity contribution is 5.96. The maximum absolute atomic E-state index is 12.3. The zero-order valence-corrected chi connectivity index (χ0v) is 11.9. The van der Waals surface area contributed by atoms with E-state index in [9.17, 15) is 14.7 Å². The molecule has 0 spiro atoms. The zero-order valence-electron chi connectivity index (χ0n) is 11.9. The normalized spacial score (nSPS) is 18.4. The number of amides is 1. The molecule has 5 nitrogen and oxygen atoms in total. The molecule has 0 radical (unpaired) electrons. The van der Waals surface area contributed by atoms with Crippen LogP contribution in [0.5, 0.6) is 0 Å². The molecule has 1 atom stereocenters. The molecule has 0 bridgehead atoms. The second kappa shape index (κ2) is 5.15. The molecule has 0 fully saturated rings. The lowest BCUT2D eigenvalue weighted by Crippen LogP contribution is -2.50. The number of benzene rings is 1. The van der Waals surface area contributed by atoms with Crippen molar-refractivity contribution in [1.29, 1.82) is 0 Å². The van der Waals surface area contributed by atoms with Crippen molar-refractivity contribution in [3.8, 4) is 0 Å². The Morgan fingerprint density at radius 3 is 2.55 bits per heavy atom. The molecule has 1 amide bonds. The van der Waals surface area contributed by atoms with Gasteiger partial charge in [0.2, 0.25) is 0 Å². The molecule has 1 aromatic rings. The highest BCUT2D eigenvalue weighted by Gasteiger charge is 2.37. The van der Waals surface area contributed by atoms with Crippen LogP contribution >= 0.6 is 0 Å². The molecule has 1 unspecified atom stereocenters. The number of anilines is 1. The van der Waals surface area contributed by atoms with Gasteiger partial charge in [-0.3, -0.25) is 4.90 Å². The summed E-state index contributed by atoms with van der Waals surface area (Å²) in [5.41, 5.74) is 0.934. The van der Waals surface area contributed by atoms with Gasteiger partial charge in [0, 0.05) is 0 Å². The zero-order chi connectivity index (χ0) is 14.9. The average molecular weight is 277 g/mol. The third-order valence-corrected chi connectivity index (χ3v) is 3.13. The van der Waals surface area contributed by atoms with Crippen LogP contribution in [-0.4, -0.2) is 28.8 Å². The Bertz CT molecular complexity index is 533. The number of aryl methyl sites for hydroxylation is 1. The Morgan fingerprint density at radius 1 is 1.30 bits per heavy atom. The van der Waals surface area contributed by atoms with Crippen molar-refractivity contribution in [2.24, 2.45) is 0 Å². The minimum absolute atomic E-state index is 0.394. The lowest BCUT2D eigenvalue weighted by molar-refractivity contribution is -0.138. The molecule has 5 heteroatoms. The quantitative estimate of drug-likeness (QED) is 0.857. The van der Waals surface area contributed by atoms with Crippen molar-refractivity contribution in [3.63, 3.8) is 0 Å². The van der Waals surface area contributed by atoms with Crippen LogP contribution < -0.4 is 4.90 Å². The molecule has 1 N–H and O–H groups in total. The SMILES string of the molecule is CC(C)(C)OC(=O)N1c2ccccc2CCC1C(=O)O. The Morgan fingerprint density at radius 2 is 1.95 bits per heavy atom. The van der Waals surface area contributed by atoms with Gasteiger partial charge in [0.25, 0.3) is 0 Å². The van der Waals surface area contributed by atoms with Crippen molar-refractivity contribution in [2.45, 2.75) is 45.3 Å². The molecule has 20 heavy (non-hydrogen) atoms. The van der Waals surface area contributed by atoms with E-state index in [0.29, 0.717) is 18.5 Å². The van der Waals surface area contributed by atoms with Crippen LogP contribution in [0.4, 0.5) is 10.5 Å². The van der Waals surface area contributed by atoms with Gasteiger partial charge in [-0.05, 0) is 45.2 Å². The molecule has 0 aromatic heterocycles. The molecule has 108 valence electrons. The predicted octanol–water partition coefficient (Wildman–Crippen LogP) is 2.83. The smallest absolute Gasteiger partial charge is 0.415 e. The topological polar surface area (TPSA) is 66.8 Å². The molecule has 2 rings (SSSR count). The summed E-state index contributed by atoms with van der Waals surface area (Å²) in [7, 11) is 0. The van der Waals surface area contributed by atoms with Crippen LogP contribution in [0.1, 0.15) is 32.8 Å². The molecule has 0 saturated heterocycles. The van der Waals surface area contributed by atoms with E-state index in [0.717, 1.165) is 5.56 Å². The van der Waals surface area contributed by atoms with Gasteiger partial charge in [-0.1, -0.05) is 18.2 Å². The van der Waals surface area contributed by atoms with E-state index >= 15 is 0 Å². The second-order valence-corrected chi connectivity index (χ2v) is 5.87. The molecular formula is C15H19NO4. The first kappa shape index (κ1) is 14.4. The van der Waals surface area contributed by atoms with Crippen molar-refractivity contribution >= 4 is 17.7 Å². The fraction of sp³-hybridized carbons (Fsp3) is 0.467. The molecule has 1 aliphatic heterocycles. The van der Waals surface area contributed by atoms with Gasteiger partial charge < -0.3 is 9.84 Å². The largest absolute Gasteiger partial charge is 0.480 e. The number of aliphatic carboxylic acids is 1. The van der Waals surface area contributed by atoms with Gasteiger partial charge in [0.15, 0.2) is 0 Å². The summed E-state index contributed by atoms with van der Waals surface area (Å²) in [6.45, 7) is 5.28. The van der Waals surface area contributed by atoms with E-state index in [1.165, 1.54) is 4.90 Å². The number of hydrogen-bond donors (Lipinski definition) is 1. The van der Waals surface area contributed by atoms with Crippen molar-refractivity contribution in [3.05, 3.63) is 29.8 Å². The Labute approximate surface area is 118 Å². The Kier molecular flexibility index (Phi) is 3.70. The van der Waals surface area contributed by atoms with E-state index in [-0.39, 0.29) is 0 Å². The lowest BCUT2D eigenvalue weighted by Gasteiger charge is -2.35. The minimum Gasteiger partial charge on any atom is -0.480 e. The highest BCUT2D eigenvalue weighted by Crippen LogP contribution is 2.32. The number of ether oxygens (including phenoxy) is 1. The van der Waals surface area contributed by atoms with E-state index < -0.39 is 23.7 Å². The molecular weight excluding hydrogens is 258 g/mol. The number of carboxylic acid groups (broad SMARTS) is 1. The van der Waals surface area contributed by atoms with Gasteiger partial charge in [-0.2, -0.15) is 0 Å². The summed E-state index contributed by atoms with van der Waals surface area (Å²) in [4.78, 5) is 25.0. The number of carbonyl (C=O) groups excluding carboxylic acids is 1. The van der Waals surface area contributed by atoms with Crippen molar-refractivity contribution < 1.29 is 19.4 Å². The van der Waals surface area contributed by atoms with E-state index in [2.05, 4.69) is 0 Å². The number of rotatable bonds is 1. The van der Waals surface area contributed by atoms with Gasteiger partial charge in [0.05, 0.1) is 5.69 Å². The van der Waals surface area contributed by atoms with Gasteiger partial charge in [-0.15, -0.1) is 0 Å². The molecule has 1 aromatic carbocycles. The van der Waals surface area contributed by atoms with E-state index in [4.69, 9.17) is 4.74 Å². The first-order valence-corrected chi connectivity index (χ1v) is 6.62. The van der Waals surface area contributed by atoms with Crippen LogP contribution in [-0.2, 0) is 16.0 Å². The predicted molar refractivity (Wildman–Crippen MR) is 74.9 cm³/mol. The molecule has 1 aliphatic rings. The third kappa shape index (κ3) is 2.92. The number of carboxylic acids is 1. The summed E-state index contributed by atoms with van der Waals surface area (Å²) < 4.78 is 5.34. The molecule has 0 saturated carbocycles. The van der Waals surface area contributed by atoms with Crippen LogP contribution in [0.2, 0.25) is 0 Å². The minimum atomic E-state index is -1.01. The fourth-order valence-corrected chi connectivity index (χ4v) is 2.32. The molecule has 1 heterocycles. The monoisotopic (exact) mass is 277 g/mol. The maximum Gasteiger partial charge on any atom is 0.415 e. The second-order valence-electron chi connectivity index (χ2n) is 5.87. The highest BCUT2D eigenvalue weighted by atomic mass is 16.6. The van der Waals surface area contributed by atoms with Crippen LogP contribution in [0, 0.1) is 0 Å². The standard InChI is InChI=1S/C15H19NO4/c1-15(2,3)20-14(19)16-11-7-5-4-6-10(11)8-9-12(16)13(17)18/h4-7,12H,8-9H2,1-3H3,(H,17,18).